The molecule has 4 nitrogen and oxygen atoms in total. The lowest BCUT2D eigenvalue weighted by molar-refractivity contribution is -0.140. The van der Waals surface area contributed by atoms with Gasteiger partial charge in [0.2, 0.25) is 5.91 Å². The van der Waals surface area contributed by atoms with Crippen molar-refractivity contribution >= 4 is 23.6 Å². The summed E-state index contributed by atoms with van der Waals surface area (Å²) in [6, 6.07) is 16.1. The van der Waals surface area contributed by atoms with Gasteiger partial charge >= 0.3 is 5.97 Å². The molecule has 0 spiro atoms. The number of β-lactam (4-membered cyclic amide) rings is 1. The molecule has 1 unspecified atom stereocenters. The average Bonchev–Trinajstić information content (AvgIpc) is 2.92. The number of amides is 1. The minimum atomic E-state index is -0.859. The van der Waals surface area contributed by atoms with E-state index in [9.17, 15) is 9.59 Å². The van der Waals surface area contributed by atoms with Crippen molar-refractivity contribution in [1.29, 1.82) is 0 Å². The summed E-state index contributed by atoms with van der Waals surface area (Å²) in [5, 5.41) is 8.66. The lowest BCUT2D eigenvalue weighted by Crippen LogP contribution is -2.45. The molecular weight excluding hydrogens is 346 g/mol. The van der Waals surface area contributed by atoms with Crippen LogP contribution in [-0.4, -0.2) is 27.9 Å². The van der Waals surface area contributed by atoms with Crippen molar-refractivity contribution in [2.24, 2.45) is 0 Å². The van der Waals surface area contributed by atoms with E-state index in [2.05, 4.69) is 12.1 Å². The third-order valence-electron chi connectivity index (χ3n) is 4.42. The summed E-state index contributed by atoms with van der Waals surface area (Å²) in [5.74, 6) is -0.592. The largest absolute Gasteiger partial charge is 0.478 e. The van der Waals surface area contributed by atoms with E-state index in [0.717, 1.165) is 24.0 Å². The second kappa shape index (κ2) is 7.79. The van der Waals surface area contributed by atoms with Crippen LogP contribution < -0.4 is 0 Å². The molecule has 0 bridgehead atoms. The molecule has 1 saturated heterocycles. The number of nitrogens with zero attached hydrogens (tertiary/aromatic N) is 1. The van der Waals surface area contributed by atoms with Crippen LogP contribution in [0.5, 0.6) is 0 Å². The van der Waals surface area contributed by atoms with Crippen molar-refractivity contribution in [2.45, 2.75) is 37.6 Å². The molecule has 134 valence electrons. The van der Waals surface area contributed by atoms with Crippen LogP contribution in [0.4, 0.5) is 0 Å². The predicted molar refractivity (Wildman–Crippen MR) is 103 cm³/mol. The molecule has 2 aliphatic rings. The molecule has 2 aromatic rings. The van der Waals surface area contributed by atoms with Crippen molar-refractivity contribution in [3.8, 4) is 0 Å². The van der Waals surface area contributed by atoms with Gasteiger partial charge in [-0.15, -0.1) is 0 Å². The van der Waals surface area contributed by atoms with Gasteiger partial charge in [-0.2, -0.15) is 0 Å². The molecule has 2 aromatic carbocycles. The normalized spacial score (nSPS) is 17.6. The first-order valence-corrected chi connectivity index (χ1v) is 9.31. The average molecular weight is 367 g/mol. The highest BCUT2D eigenvalue weighted by Crippen LogP contribution is 2.40. The van der Waals surface area contributed by atoms with Crippen LogP contribution in [0.25, 0.3) is 0 Å². The summed E-state index contributed by atoms with van der Waals surface area (Å²) in [5.41, 5.74) is 2.29. The van der Waals surface area contributed by atoms with E-state index in [1.54, 1.807) is 30.8 Å². The first-order valence-electron chi connectivity index (χ1n) is 8.49. The zero-order valence-electron chi connectivity index (χ0n) is 14.8. The second-order valence-corrected chi connectivity index (χ2v) is 7.70. The Hall–Kier alpha value is -2.53. The van der Waals surface area contributed by atoms with Gasteiger partial charge in [-0.25, -0.2) is 4.79 Å². The van der Waals surface area contributed by atoms with E-state index in [-0.39, 0.29) is 5.91 Å². The fourth-order valence-electron chi connectivity index (χ4n) is 3.05. The summed E-state index contributed by atoms with van der Waals surface area (Å²) in [7, 11) is 0. The first-order chi connectivity index (χ1) is 12.4. The number of thioether (sulfide) groups is 1. The highest BCUT2D eigenvalue weighted by molar-refractivity contribution is 8.03. The monoisotopic (exact) mass is 367 g/mol. The van der Waals surface area contributed by atoms with Gasteiger partial charge in [0.25, 0.3) is 0 Å². The van der Waals surface area contributed by atoms with Gasteiger partial charge in [0.05, 0.1) is 5.56 Å². The Morgan fingerprint density at radius 2 is 1.85 bits per heavy atom. The summed E-state index contributed by atoms with van der Waals surface area (Å²) in [6.45, 7) is 3.75. The van der Waals surface area contributed by atoms with Gasteiger partial charge in [0, 0.05) is 34.9 Å². The molecule has 0 radical (unpaired) electrons. The lowest BCUT2D eigenvalue weighted by Gasteiger charge is -2.32. The molecule has 0 saturated carbocycles. The first kappa shape index (κ1) is 18.3. The number of carboxylic acids is 1. The van der Waals surface area contributed by atoms with E-state index in [4.69, 9.17) is 5.11 Å². The van der Waals surface area contributed by atoms with Gasteiger partial charge in [-0.05, 0) is 37.6 Å². The number of hydrogen-bond acceptors (Lipinski definition) is 3. The Labute approximate surface area is 157 Å². The van der Waals surface area contributed by atoms with Crippen LogP contribution in [0.2, 0.25) is 0 Å². The highest BCUT2D eigenvalue weighted by Gasteiger charge is 2.39. The topological polar surface area (TPSA) is 57.6 Å². The minimum absolute atomic E-state index is 0.267. The molecular formula is C21H21NO3S. The number of benzene rings is 2. The predicted octanol–water partition coefficient (Wildman–Crippen LogP) is 4.63. The van der Waals surface area contributed by atoms with E-state index in [1.165, 1.54) is 9.80 Å². The van der Waals surface area contributed by atoms with Crippen LogP contribution >= 0.6 is 11.8 Å². The fraction of sp³-hybridized carbons (Fsp3) is 0.238. The minimum Gasteiger partial charge on any atom is -0.478 e. The smallest absolute Gasteiger partial charge is 0.335 e. The Balaban J connectivity index is 0.000000160. The summed E-state index contributed by atoms with van der Waals surface area (Å²) < 4.78 is 0. The standard InChI is InChI=1S/C12H11NOS.C9H10O2/c14-12-7-9-6-11(8-13(9)12)15-10-4-2-1-3-5-10;1-6-3-4-8(9(10)11)7(2)5-6/h1-5,8-9H,6-7H2;3-5H,1-2H3,(H,10,11). The van der Waals surface area contributed by atoms with Gasteiger partial charge in [-0.3, -0.25) is 4.79 Å². The molecule has 1 N–H and O–H groups in total. The zero-order chi connectivity index (χ0) is 18.7. The third-order valence-corrected chi connectivity index (χ3v) is 5.46. The molecule has 26 heavy (non-hydrogen) atoms. The van der Waals surface area contributed by atoms with E-state index < -0.39 is 5.97 Å². The molecule has 4 rings (SSSR count). The second-order valence-electron chi connectivity index (χ2n) is 6.50. The van der Waals surface area contributed by atoms with Crippen LogP contribution in [0.15, 0.2) is 64.5 Å². The highest BCUT2D eigenvalue weighted by atomic mass is 32.2. The van der Waals surface area contributed by atoms with E-state index >= 15 is 0 Å². The summed E-state index contributed by atoms with van der Waals surface area (Å²) in [6.07, 6.45) is 3.77. The SMILES string of the molecule is Cc1ccc(C(=O)O)c(C)c1.O=C1CC2CC(Sc3ccccc3)=CN12. The Kier molecular flexibility index (Phi) is 5.47. The number of carbonyl (C=O) groups excluding carboxylic acids is 1. The number of aryl methyl sites for hydroxylation is 2. The maximum absolute atomic E-state index is 11.2. The number of carbonyl (C=O) groups is 2. The van der Waals surface area contributed by atoms with E-state index in [1.807, 2.05) is 42.3 Å². The van der Waals surface area contributed by atoms with Crippen molar-refractivity contribution in [3.05, 3.63) is 76.3 Å². The molecule has 1 fully saturated rings. The Morgan fingerprint density at radius 1 is 1.12 bits per heavy atom. The molecule has 0 aliphatic carbocycles. The van der Waals surface area contributed by atoms with Crippen LogP contribution in [0, 0.1) is 13.8 Å². The van der Waals surface area contributed by atoms with Crippen molar-refractivity contribution in [2.75, 3.05) is 0 Å². The van der Waals surface area contributed by atoms with Gasteiger partial charge in [-0.1, -0.05) is 47.7 Å². The van der Waals surface area contributed by atoms with Crippen LogP contribution in [-0.2, 0) is 4.79 Å². The maximum Gasteiger partial charge on any atom is 0.335 e. The van der Waals surface area contributed by atoms with Crippen LogP contribution in [0.3, 0.4) is 0 Å². The van der Waals surface area contributed by atoms with Crippen molar-refractivity contribution in [1.82, 2.24) is 4.90 Å². The number of carboxylic acid groups (broad SMARTS) is 1. The van der Waals surface area contributed by atoms with E-state index in [0.29, 0.717) is 11.6 Å². The molecule has 2 heterocycles. The van der Waals surface area contributed by atoms with Gasteiger partial charge < -0.3 is 10.0 Å². The number of rotatable bonds is 3. The van der Waals surface area contributed by atoms with Crippen molar-refractivity contribution < 1.29 is 14.7 Å². The quantitative estimate of drug-likeness (QED) is 0.804. The molecule has 0 aromatic heterocycles. The molecule has 2 aliphatic heterocycles. The van der Waals surface area contributed by atoms with Gasteiger partial charge in [0.1, 0.15) is 0 Å². The van der Waals surface area contributed by atoms with Crippen LogP contribution in [0.1, 0.15) is 34.3 Å². The number of hydrogen-bond donors (Lipinski definition) is 1. The Morgan fingerprint density at radius 3 is 2.42 bits per heavy atom. The maximum atomic E-state index is 11.2. The third kappa shape index (κ3) is 4.17. The summed E-state index contributed by atoms with van der Waals surface area (Å²) in [4.78, 5) is 26.1. The van der Waals surface area contributed by atoms with Gasteiger partial charge in [0.15, 0.2) is 0 Å². The fourth-order valence-corrected chi connectivity index (χ4v) is 4.08. The molecule has 1 atom stereocenters. The number of aromatic carboxylic acids is 1. The molecule has 1 amide bonds. The Bertz CT molecular complexity index is 861. The lowest BCUT2D eigenvalue weighted by atomic mass is 10.0. The number of fused-ring (bicyclic) bond motifs is 1. The summed E-state index contributed by atoms with van der Waals surface area (Å²) >= 11 is 1.77. The zero-order valence-corrected chi connectivity index (χ0v) is 15.6. The molecule has 5 heteroatoms. The van der Waals surface area contributed by atoms with Crippen molar-refractivity contribution in [3.63, 3.8) is 0 Å².